The first kappa shape index (κ1) is 33.5. The number of carboxylic acids is 1. The van der Waals surface area contributed by atoms with Gasteiger partial charge in [-0.15, -0.1) is 0 Å². The van der Waals surface area contributed by atoms with E-state index in [-0.39, 0.29) is 24.8 Å². The number of aliphatic carboxylic acids is 1. The average Bonchev–Trinajstić information content (AvgIpc) is 3.65. The van der Waals surface area contributed by atoms with E-state index in [0.29, 0.717) is 23.0 Å². The minimum atomic E-state index is -5.08. The van der Waals surface area contributed by atoms with Gasteiger partial charge in [-0.25, -0.2) is 14.4 Å². The lowest BCUT2D eigenvalue weighted by molar-refractivity contribution is -0.192. The number of fused-ring (bicyclic) bond motifs is 3. The summed E-state index contributed by atoms with van der Waals surface area (Å²) in [6, 6.07) is 16.2. The fourth-order valence-electron chi connectivity index (χ4n) is 6.01. The quantitative estimate of drug-likeness (QED) is 0.351. The summed E-state index contributed by atoms with van der Waals surface area (Å²) < 4.78 is 41.9. The molecular weight excluding hydrogens is 619 g/mol. The molecular formula is C30H30F3N3O8S. The molecule has 0 radical (unpaired) electrons. The van der Waals surface area contributed by atoms with Crippen LogP contribution in [0.2, 0.25) is 0 Å². The molecule has 2 amide bonds. The second kappa shape index (κ2) is 13.3. The standard InChI is InChI=1S/C28H29N3O6S.C2HF3O2/c1-4-30-23(32)21-20-15-29-27(38-16-18-10-12-19(13-11-18)25(34)36-2)31(20)28(26(35)37-3,22(21)24(30)33)14-17-8-6-5-7-9-17;3-2(4,5)1(6)7/h5-13,20-22H,4,14-16H2,1-3H3;(H,6,7)/t20-,21+,22-,28-;/m1./s1. The third-order valence-corrected chi connectivity index (χ3v) is 8.97. The number of rotatable bonds is 7. The van der Waals surface area contributed by atoms with Gasteiger partial charge in [0, 0.05) is 18.7 Å². The van der Waals surface area contributed by atoms with Crippen molar-refractivity contribution in [3.63, 3.8) is 0 Å². The Morgan fingerprint density at radius 1 is 1.00 bits per heavy atom. The number of alkyl halides is 3. The zero-order chi connectivity index (χ0) is 33.1. The number of benzene rings is 2. The second-order valence-electron chi connectivity index (χ2n) is 10.3. The van der Waals surface area contributed by atoms with Crippen LogP contribution in [0.3, 0.4) is 0 Å². The van der Waals surface area contributed by atoms with Crippen LogP contribution in [0.15, 0.2) is 59.6 Å². The number of amidine groups is 1. The molecule has 1 N–H and O–H groups in total. The molecule has 3 heterocycles. The number of hydrogen-bond acceptors (Lipinski definition) is 10. The van der Waals surface area contributed by atoms with Crippen LogP contribution in [0, 0.1) is 11.8 Å². The molecule has 2 aromatic rings. The van der Waals surface area contributed by atoms with Crippen molar-refractivity contribution < 1.29 is 51.7 Å². The number of likely N-dealkylation sites (tertiary alicyclic amines) is 1. The van der Waals surface area contributed by atoms with E-state index >= 15 is 0 Å². The number of amides is 2. The zero-order valence-corrected chi connectivity index (χ0v) is 25.3. The number of halogens is 3. The van der Waals surface area contributed by atoms with Gasteiger partial charge < -0.3 is 19.5 Å². The van der Waals surface area contributed by atoms with Gasteiger partial charge in [-0.2, -0.15) is 13.2 Å². The first-order chi connectivity index (χ1) is 21.3. The maximum absolute atomic E-state index is 13.8. The Balaban J connectivity index is 0.000000591. The van der Waals surface area contributed by atoms with Crippen molar-refractivity contribution in [2.75, 3.05) is 27.3 Å². The molecule has 0 spiro atoms. The van der Waals surface area contributed by atoms with Gasteiger partial charge in [-0.1, -0.05) is 54.2 Å². The molecule has 0 saturated carbocycles. The van der Waals surface area contributed by atoms with Crippen molar-refractivity contribution in [3.8, 4) is 0 Å². The maximum Gasteiger partial charge on any atom is 0.490 e. The summed E-state index contributed by atoms with van der Waals surface area (Å²) in [7, 11) is 2.66. The van der Waals surface area contributed by atoms with Crippen LogP contribution < -0.4 is 0 Å². The largest absolute Gasteiger partial charge is 0.490 e. The molecule has 2 aromatic carbocycles. The molecule has 2 fully saturated rings. The van der Waals surface area contributed by atoms with Crippen molar-refractivity contribution in [3.05, 3.63) is 71.3 Å². The van der Waals surface area contributed by atoms with Crippen molar-refractivity contribution in [2.45, 2.75) is 36.9 Å². The predicted molar refractivity (Wildman–Crippen MR) is 155 cm³/mol. The van der Waals surface area contributed by atoms with Gasteiger partial charge in [0.2, 0.25) is 11.8 Å². The molecule has 0 aliphatic carbocycles. The molecule has 5 rings (SSSR count). The van der Waals surface area contributed by atoms with Crippen LogP contribution in [0.4, 0.5) is 13.2 Å². The Morgan fingerprint density at radius 3 is 2.16 bits per heavy atom. The van der Waals surface area contributed by atoms with E-state index in [0.717, 1.165) is 11.1 Å². The van der Waals surface area contributed by atoms with E-state index in [1.807, 2.05) is 47.4 Å². The highest BCUT2D eigenvalue weighted by Gasteiger charge is 2.73. The van der Waals surface area contributed by atoms with E-state index in [1.165, 1.54) is 30.9 Å². The van der Waals surface area contributed by atoms with Gasteiger partial charge in [0.15, 0.2) is 10.7 Å². The molecule has 11 nitrogen and oxygen atoms in total. The number of carbonyl (C=O) groups is 5. The van der Waals surface area contributed by atoms with Crippen LogP contribution in [-0.4, -0.2) is 94.9 Å². The molecule has 3 aliphatic heterocycles. The van der Waals surface area contributed by atoms with Gasteiger partial charge in [-0.05, 0) is 30.2 Å². The number of carbonyl (C=O) groups excluding carboxylic acids is 4. The molecule has 45 heavy (non-hydrogen) atoms. The van der Waals surface area contributed by atoms with Crippen molar-refractivity contribution in [1.82, 2.24) is 9.80 Å². The maximum atomic E-state index is 13.8. The summed E-state index contributed by atoms with van der Waals surface area (Å²) in [5.74, 6) is -5.32. The van der Waals surface area contributed by atoms with E-state index in [2.05, 4.69) is 0 Å². The number of esters is 2. The number of hydrogen-bond donors (Lipinski definition) is 1. The molecule has 0 bridgehead atoms. The number of thioether (sulfide) groups is 1. The van der Waals surface area contributed by atoms with Gasteiger partial charge in [-0.3, -0.25) is 19.5 Å². The number of ether oxygens (including phenoxy) is 2. The van der Waals surface area contributed by atoms with Gasteiger partial charge in [0.1, 0.15) is 0 Å². The first-order valence-corrected chi connectivity index (χ1v) is 14.7. The average molecular weight is 650 g/mol. The Morgan fingerprint density at radius 2 is 1.62 bits per heavy atom. The fraction of sp³-hybridized carbons (Fsp3) is 0.400. The minimum Gasteiger partial charge on any atom is -0.475 e. The molecule has 2 saturated heterocycles. The highest BCUT2D eigenvalue weighted by Crippen LogP contribution is 2.53. The Kier molecular flexibility index (Phi) is 9.90. The van der Waals surface area contributed by atoms with E-state index in [1.54, 1.807) is 19.1 Å². The highest BCUT2D eigenvalue weighted by atomic mass is 32.2. The van der Waals surface area contributed by atoms with Crippen LogP contribution in [0.5, 0.6) is 0 Å². The number of methoxy groups -OCH3 is 2. The summed E-state index contributed by atoms with van der Waals surface area (Å²) in [4.78, 5) is 69.5. The van der Waals surface area contributed by atoms with Gasteiger partial charge in [0.05, 0.1) is 44.2 Å². The van der Waals surface area contributed by atoms with Crippen molar-refractivity contribution in [1.29, 1.82) is 0 Å². The summed E-state index contributed by atoms with van der Waals surface area (Å²) in [6.45, 7) is 2.34. The van der Waals surface area contributed by atoms with E-state index < -0.39 is 47.5 Å². The number of aliphatic imine (C=N–C) groups is 1. The van der Waals surface area contributed by atoms with Crippen LogP contribution >= 0.6 is 11.8 Å². The summed E-state index contributed by atoms with van der Waals surface area (Å²) in [5, 5.41) is 7.73. The first-order valence-electron chi connectivity index (χ1n) is 13.7. The summed E-state index contributed by atoms with van der Waals surface area (Å²) >= 11 is 1.44. The lowest BCUT2D eigenvalue weighted by Gasteiger charge is -2.40. The molecule has 15 heteroatoms. The Bertz CT molecular complexity index is 1500. The third-order valence-electron chi connectivity index (χ3n) is 7.91. The topological polar surface area (TPSA) is 143 Å². The predicted octanol–water partition coefficient (Wildman–Crippen LogP) is 3.17. The lowest BCUT2D eigenvalue weighted by Crippen LogP contribution is -2.61. The van der Waals surface area contributed by atoms with Crippen molar-refractivity contribution in [2.24, 2.45) is 16.8 Å². The third kappa shape index (κ3) is 6.26. The summed E-state index contributed by atoms with van der Waals surface area (Å²) in [5.41, 5.74) is 0.863. The SMILES string of the molecule is CCN1C(=O)[C@H]2[C@H]3CN=C(SCc4ccc(C(=O)OC)cc4)N3[C@@](Cc3ccccc3)(C(=O)OC)[C@H]2C1=O.O=C(O)C(F)(F)F. The highest BCUT2D eigenvalue weighted by molar-refractivity contribution is 8.13. The second-order valence-corrected chi connectivity index (χ2v) is 11.3. The van der Waals surface area contributed by atoms with Crippen molar-refractivity contribution >= 4 is 46.7 Å². The number of nitrogens with zero attached hydrogens (tertiary/aromatic N) is 3. The molecule has 4 atom stereocenters. The van der Waals surface area contributed by atoms with Gasteiger partial charge >= 0.3 is 24.1 Å². The van der Waals surface area contributed by atoms with E-state index in [9.17, 15) is 32.3 Å². The van der Waals surface area contributed by atoms with Crippen LogP contribution in [0.25, 0.3) is 0 Å². The number of carboxylic acid groups (broad SMARTS) is 1. The molecule has 0 aromatic heterocycles. The minimum absolute atomic E-state index is 0.210. The lowest BCUT2D eigenvalue weighted by atomic mass is 9.76. The van der Waals surface area contributed by atoms with Crippen LogP contribution in [-0.2, 0) is 40.8 Å². The Labute approximate surface area is 260 Å². The smallest absolute Gasteiger partial charge is 0.475 e. The molecule has 0 unspecified atom stereocenters. The monoisotopic (exact) mass is 649 g/mol. The fourth-order valence-corrected chi connectivity index (χ4v) is 7.10. The number of imide groups is 1. The molecule has 3 aliphatic rings. The van der Waals surface area contributed by atoms with Gasteiger partial charge in [0.25, 0.3) is 0 Å². The normalized spacial score (nSPS) is 23.5. The van der Waals surface area contributed by atoms with Crippen LogP contribution in [0.1, 0.15) is 28.4 Å². The van der Waals surface area contributed by atoms with E-state index in [4.69, 9.17) is 24.4 Å². The summed E-state index contributed by atoms with van der Waals surface area (Å²) in [6.07, 6.45) is -4.87. The molecule has 240 valence electrons. The zero-order valence-electron chi connectivity index (χ0n) is 24.4. The Hall–Kier alpha value is -4.40.